The smallest absolute Gasteiger partial charge is 0.156 e. The zero-order chi connectivity index (χ0) is 21.4. The molecule has 0 aliphatic heterocycles. The summed E-state index contributed by atoms with van der Waals surface area (Å²) in [6.45, 7) is 0. The highest BCUT2D eigenvalue weighted by Gasteiger charge is 2.69. The molecule has 0 bridgehead atoms. The fourth-order valence-corrected chi connectivity index (χ4v) is 14.1. The molecule has 0 spiro atoms. The quantitative estimate of drug-likeness (QED) is 0.369. The van der Waals surface area contributed by atoms with E-state index in [9.17, 15) is 0 Å². The van der Waals surface area contributed by atoms with Crippen molar-refractivity contribution in [3.05, 3.63) is 121 Å². The molecule has 0 atom stereocenters. The van der Waals surface area contributed by atoms with Crippen LogP contribution in [0.15, 0.2) is 121 Å². The molecule has 2 nitrogen and oxygen atoms in total. The molecule has 4 aromatic rings. The highest BCUT2D eigenvalue weighted by molar-refractivity contribution is 7.96. The molecule has 4 heteroatoms. The largest absolute Gasteiger partial charge is 0.313 e. The van der Waals surface area contributed by atoms with Gasteiger partial charge in [-0.15, -0.1) is 0 Å². The predicted molar refractivity (Wildman–Crippen MR) is 131 cm³/mol. The summed E-state index contributed by atoms with van der Waals surface area (Å²) in [6, 6.07) is 38.7. The monoisotopic (exact) mass is 442 g/mol. The van der Waals surface area contributed by atoms with Gasteiger partial charge in [0.25, 0.3) is 0 Å². The molecule has 0 radical (unpaired) electrons. The average molecular weight is 442 g/mol. The normalized spacial score (nSPS) is 15.4. The van der Waals surface area contributed by atoms with E-state index < -0.39 is 19.2 Å². The molecule has 0 amide bonds. The van der Waals surface area contributed by atoms with Gasteiger partial charge in [0.05, 0.1) is 4.90 Å². The molecule has 5 rings (SSSR count). The first-order valence-corrected chi connectivity index (χ1v) is 14.0. The molecule has 0 N–H and O–H groups in total. The molecule has 0 saturated heterocycles. The lowest BCUT2D eigenvalue weighted by Gasteiger charge is -2.36. The Morgan fingerprint density at radius 2 is 0.645 bits per heavy atom. The first-order valence-electron chi connectivity index (χ1n) is 10.6. The maximum Gasteiger partial charge on any atom is 0.156 e. The Bertz CT molecular complexity index is 1080. The van der Waals surface area contributed by atoms with E-state index >= 15 is 9.13 Å². The summed E-state index contributed by atoms with van der Waals surface area (Å²) in [5, 5.41) is 3.13. The van der Waals surface area contributed by atoms with Crippen molar-refractivity contribution >= 4 is 35.5 Å². The van der Waals surface area contributed by atoms with Crippen LogP contribution in [0.5, 0.6) is 0 Å². The van der Waals surface area contributed by atoms with Crippen LogP contribution < -0.4 is 21.2 Å². The van der Waals surface area contributed by atoms with Gasteiger partial charge in [-0.3, -0.25) is 0 Å². The van der Waals surface area contributed by atoms with Crippen LogP contribution in [0.25, 0.3) is 0 Å². The molecule has 31 heavy (non-hydrogen) atoms. The lowest BCUT2D eigenvalue weighted by molar-refractivity contribution is 0.572. The summed E-state index contributed by atoms with van der Waals surface area (Å²) >= 11 is 0. The standard InChI is InChI=1S/C27H24O2P2/c28-30(23-13-5-1-6-14-23,24-15-7-2-8-16-24)27(21-22-27)31(29,25-17-9-3-10-18-25)26-19-11-4-12-20-26/h1-20H,21-22H2. The summed E-state index contributed by atoms with van der Waals surface area (Å²) in [5.74, 6) is 0. The van der Waals surface area contributed by atoms with Crippen LogP contribution in [-0.2, 0) is 9.13 Å². The Balaban J connectivity index is 1.84. The van der Waals surface area contributed by atoms with Gasteiger partial charge in [0.1, 0.15) is 0 Å². The molecular formula is C27H24O2P2. The second kappa shape index (κ2) is 7.79. The Morgan fingerprint density at radius 3 is 0.839 bits per heavy atom. The fourth-order valence-electron chi connectivity index (χ4n) is 4.75. The molecule has 1 aliphatic carbocycles. The van der Waals surface area contributed by atoms with Gasteiger partial charge >= 0.3 is 0 Å². The Morgan fingerprint density at radius 1 is 0.419 bits per heavy atom. The Kier molecular flexibility index (Phi) is 5.09. The number of benzene rings is 4. The van der Waals surface area contributed by atoms with E-state index in [2.05, 4.69) is 0 Å². The van der Waals surface area contributed by atoms with E-state index in [0.29, 0.717) is 12.8 Å². The lowest BCUT2D eigenvalue weighted by atomic mass is 10.4. The summed E-state index contributed by atoms with van der Waals surface area (Å²) in [5.41, 5.74) is 0. The van der Waals surface area contributed by atoms with Crippen LogP contribution in [0.4, 0.5) is 0 Å². The fraction of sp³-hybridized carbons (Fsp3) is 0.111. The minimum Gasteiger partial charge on any atom is -0.313 e. The van der Waals surface area contributed by atoms with Gasteiger partial charge in [-0.1, -0.05) is 121 Å². The van der Waals surface area contributed by atoms with Crippen LogP contribution in [0.3, 0.4) is 0 Å². The third kappa shape index (κ3) is 3.01. The SMILES string of the molecule is O=P(c1ccccc1)(c1ccccc1)C1(P(=O)(c2ccccc2)c2ccccc2)CC1. The summed E-state index contributed by atoms with van der Waals surface area (Å²) in [7, 11) is -6.46. The lowest BCUT2D eigenvalue weighted by Crippen LogP contribution is -2.34. The third-order valence-electron chi connectivity index (χ3n) is 6.35. The molecule has 0 heterocycles. The molecule has 4 aromatic carbocycles. The van der Waals surface area contributed by atoms with Crippen molar-refractivity contribution in [1.82, 2.24) is 0 Å². The van der Waals surface area contributed by atoms with E-state index in [1.54, 1.807) is 0 Å². The zero-order valence-corrected chi connectivity index (χ0v) is 19.0. The molecule has 0 aromatic heterocycles. The van der Waals surface area contributed by atoms with Gasteiger partial charge in [0, 0.05) is 21.2 Å². The summed E-state index contributed by atoms with van der Waals surface area (Å²) in [6.07, 6.45) is 1.35. The van der Waals surface area contributed by atoms with E-state index in [4.69, 9.17) is 0 Å². The topological polar surface area (TPSA) is 34.1 Å². The molecular weight excluding hydrogens is 418 g/mol. The predicted octanol–water partition coefficient (Wildman–Crippen LogP) is 5.50. The zero-order valence-electron chi connectivity index (χ0n) is 17.2. The van der Waals surface area contributed by atoms with Crippen molar-refractivity contribution in [1.29, 1.82) is 0 Å². The van der Waals surface area contributed by atoms with Gasteiger partial charge in [-0.2, -0.15) is 0 Å². The molecule has 1 aliphatic rings. The molecule has 0 unspecified atom stereocenters. The number of hydrogen-bond donors (Lipinski definition) is 0. The van der Waals surface area contributed by atoms with E-state index in [1.807, 2.05) is 121 Å². The van der Waals surface area contributed by atoms with Crippen molar-refractivity contribution < 1.29 is 9.13 Å². The van der Waals surface area contributed by atoms with Gasteiger partial charge in [0.2, 0.25) is 0 Å². The number of hydrogen-bond acceptors (Lipinski definition) is 2. The van der Waals surface area contributed by atoms with Gasteiger partial charge in [-0.05, 0) is 12.8 Å². The van der Waals surface area contributed by atoms with Gasteiger partial charge in [-0.25, -0.2) is 0 Å². The van der Waals surface area contributed by atoms with Gasteiger partial charge in [0.15, 0.2) is 14.3 Å². The Hall–Kier alpha value is -2.66. The first kappa shape index (κ1) is 20.3. The molecule has 1 fully saturated rings. The van der Waals surface area contributed by atoms with Crippen molar-refractivity contribution in [2.24, 2.45) is 0 Å². The number of rotatable bonds is 6. The van der Waals surface area contributed by atoms with Gasteiger partial charge < -0.3 is 9.13 Å². The van der Waals surface area contributed by atoms with E-state index in [-0.39, 0.29) is 0 Å². The summed E-state index contributed by atoms with van der Waals surface area (Å²) in [4.78, 5) is -0.814. The Labute approximate surface area is 183 Å². The van der Waals surface area contributed by atoms with E-state index in [0.717, 1.165) is 21.2 Å². The molecule has 154 valence electrons. The second-order valence-electron chi connectivity index (χ2n) is 8.04. The third-order valence-corrected chi connectivity index (χ3v) is 15.4. The van der Waals surface area contributed by atoms with Crippen LogP contribution in [0, 0.1) is 0 Å². The first-order chi connectivity index (χ1) is 15.1. The van der Waals surface area contributed by atoms with Crippen molar-refractivity contribution in [3.63, 3.8) is 0 Å². The van der Waals surface area contributed by atoms with Crippen LogP contribution in [0.1, 0.15) is 12.8 Å². The molecule has 1 saturated carbocycles. The second-order valence-corrected chi connectivity index (χ2v) is 14.6. The summed E-state index contributed by atoms with van der Waals surface area (Å²) < 4.78 is 30.6. The highest BCUT2D eigenvalue weighted by Crippen LogP contribution is 2.84. The van der Waals surface area contributed by atoms with E-state index in [1.165, 1.54) is 0 Å². The van der Waals surface area contributed by atoms with Crippen molar-refractivity contribution in [2.45, 2.75) is 17.7 Å². The van der Waals surface area contributed by atoms with Crippen LogP contribution in [0.2, 0.25) is 0 Å². The maximum atomic E-state index is 15.3. The minimum atomic E-state index is -3.23. The average Bonchev–Trinajstić information content (AvgIpc) is 3.68. The highest BCUT2D eigenvalue weighted by atomic mass is 31.2. The van der Waals surface area contributed by atoms with Crippen LogP contribution >= 0.6 is 14.3 Å². The van der Waals surface area contributed by atoms with Crippen LogP contribution in [-0.4, -0.2) is 4.90 Å². The maximum absolute atomic E-state index is 15.3. The van der Waals surface area contributed by atoms with Crippen molar-refractivity contribution in [2.75, 3.05) is 0 Å². The van der Waals surface area contributed by atoms with Crippen molar-refractivity contribution in [3.8, 4) is 0 Å². The minimum absolute atomic E-state index is 0.676.